The Morgan fingerprint density at radius 3 is 2.15 bits per heavy atom. The van der Waals surface area contributed by atoms with Gasteiger partial charge in [0.2, 0.25) is 5.91 Å². The summed E-state index contributed by atoms with van der Waals surface area (Å²) >= 11 is 0. The minimum atomic E-state index is 0.333. The Kier molecular flexibility index (Phi) is 6.76. The quantitative estimate of drug-likeness (QED) is 0.809. The Balaban J connectivity index is 1.75. The molecule has 0 aromatic rings. The molecule has 0 unspecified atom stereocenters. The van der Waals surface area contributed by atoms with Crippen LogP contribution in [-0.2, 0) is 4.79 Å². The van der Waals surface area contributed by atoms with E-state index in [4.69, 9.17) is 5.73 Å². The molecular formula is C15H30N4O. The van der Waals surface area contributed by atoms with Gasteiger partial charge in [0.15, 0.2) is 0 Å². The number of rotatable bonds is 4. The molecule has 5 heteroatoms. The summed E-state index contributed by atoms with van der Waals surface area (Å²) in [6, 6.07) is 0. The summed E-state index contributed by atoms with van der Waals surface area (Å²) in [5.74, 6) is 0.333. The number of amides is 1. The molecule has 0 spiro atoms. The average Bonchev–Trinajstić information content (AvgIpc) is 2.82. The van der Waals surface area contributed by atoms with E-state index in [-0.39, 0.29) is 0 Å². The van der Waals surface area contributed by atoms with E-state index in [0.717, 1.165) is 58.8 Å². The number of carbonyl (C=O) groups is 1. The maximum absolute atomic E-state index is 12.4. The van der Waals surface area contributed by atoms with E-state index in [9.17, 15) is 4.79 Å². The van der Waals surface area contributed by atoms with Gasteiger partial charge in [-0.2, -0.15) is 0 Å². The second-order valence-corrected chi connectivity index (χ2v) is 6.06. The maximum atomic E-state index is 12.4. The number of likely N-dealkylation sites (tertiary alicyclic amines) is 1. The first-order valence-electron chi connectivity index (χ1n) is 8.22. The van der Waals surface area contributed by atoms with Gasteiger partial charge in [0, 0.05) is 39.3 Å². The molecule has 1 amide bonds. The number of nitrogens with two attached hydrogens (primary N) is 1. The summed E-state index contributed by atoms with van der Waals surface area (Å²) in [7, 11) is 0. The van der Waals surface area contributed by atoms with Crippen LogP contribution in [0.1, 0.15) is 32.1 Å². The zero-order valence-electron chi connectivity index (χ0n) is 12.7. The second kappa shape index (κ2) is 8.60. The summed E-state index contributed by atoms with van der Waals surface area (Å²) in [5, 5.41) is 0. The Morgan fingerprint density at radius 2 is 1.45 bits per heavy atom. The Morgan fingerprint density at radius 1 is 0.800 bits per heavy atom. The predicted octanol–water partition coefficient (Wildman–Crippen LogP) is 0.355. The van der Waals surface area contributed by atoms with Crippen LogP contribution in [-0.4, -0.2) is 79.5 Å². The molecule has 0 aromatic heterocycles. The first kappa shape index (κ1) is 15.7. The SMILES string of the molecule is NCCN1CCCN(CC(=O)N2CCCCCC2)CC1. The van der Waals surface area contributed by atoms with Crippen LogP contribution >= 0.6 is 0 Å². The molecule has 2 aliphatic heterocycles. The summed E-state index contributed by atoms with van der Waals surface area (Å²) < 4.78 is 0. The van der Waals surface area contributed by atoms with Crippen molar-refractivity contribution in [3.8, 4) is 0 Å². The highest BCUT2D eigenvalue weighted by Gasteiger charge is 2.20. The number of hydrogen-bond acceptors (Lipinski definition) is 4. The number of carbonyl (C=O) groups excluding carboxylic acids is 1. The van der Waals surface area contributed by atoms with Gasteiger partial charge in [-0.1, -0.05) is 12.8 Å². The molecule has 0 atom stereocenters. The van der Waals surface area contributed by atoms with Gasteiger partial charge in [-0.3, -0.25) is 9.69 Å². The molecular weight excluding hydrogens is 252 g/mol. The third kappa shape index (κ3) is 5.04. The third-order valence-corrected chi connectivity index (χ3v) is 4.44. The molecule has 2 N–H and O–H groups in total. The average molecular weight is 282 g/mol. The molecule has 116 valence electrons. The monoisotopic (exact) mass is 282 g/mol. The van der Waals surface area contributed by atoms with Gasteiger partial charge in [0.1, 0.15) is 0 Å². The van der Waals surface area contributed by atoms with Gasteiger partial charge in [-0.25, -0.2) is 0 Å². The molecule has 2 heterocycles. The highest BCUT2D eigenvalue weighted by Crippen LogP contribution is 2.11. The van der Waals surface area contributed by atoms with E-state index in [1.165, 1.54) is 25.7 Å². The zero-order chi connectivity index (χ0) is 14.2. The van der Waals surface area contributed by atoms with Crippen molar-refractivity contribution in [2.75, 3.05) is 58.9 Å². The molecule has 2 saturated heterocycles. The van der Waals surface area contributed by atoms with Crippen molar-refractivity contribution < 1.29 is 4.79 Å². The van der Waals surface area contributed by atoms with E-state index in [0.29, 0.717) is 12.5 Å². The lowest BCUT2D eigenvalue weighted by atomic mass is 10.2. The molecule has 0 bridgehead atoms. The van der Waals surface area contributed by atoms with Crippen molar-refractivity contribution in [1.82, 2.24) is 14.7 Å². The molecule has 2 aliphatic rings. The lowest BCUT2D eigenvalue weighted by Gasteiger charge is -2.25. The largest absolute Gasteiger partial charge is 0.342 e. The highest BCUT2D eigenvalue weighted by atomic mass is 16.2. The highest BCUT2D eigenvalue weighted by molar-refractivity contribution is 5.78. The van der Waals surface area contributed by atoms with Crippen LogP contribution in [0.15, 0.2) is 0 Å². The van der Waals surface area contributed by atoms with Crippen molar-refractivity contribution in [1.29, 1.82) is 0 Å². The predicted molar refractivity (Wildman–Crippen MR) is 81.6 cm³/mol. The van der Waals surface area contributed by atoms with Crippen LogP contribution in [0, 0.1) is 0 Å². The maximum Gasteiger partial charge on any atom is 0.236 e. The Labute approximate surface area is 123 Å². The van der Waals surface area contributed by atoms with Crippen LogP contribution in [0.25, 0.3) is 0 Å². The van der Waals surface area contributed by atoms with Gasteiger partial charge >= 0.3 is 0 Å². The molecule has 20 heavy (non-hydrogen) atoms. The van der Waals surface area contributed by atoms with Gasteiger partial charge in [0.25, 0.3) is 0 Å². The molecule has 5 nitrogen and oxygen atoms in total. The summed E-state index contributed by atoms with van der Waals surface area (Å²) in [4.78, 5) is 19.2. The van der Waals surface area contributed by atoms with Crippen LogP contribution in [0.2, 0.25) is 0 Å². The first-order valence-corrected chi connectivity index (χ1v) is 8.22. The van der Waals surface area contributed by atoms with E-state index in [2.05, 4.69) is 14.7 Å². The van der Waals surface area contributed by atoms with Crippen molar-refractivity contribution in [2.45, 2.75) is 32.1 Å². The van der Waals surface area contributed by atoms with Gasteiger partial charge in [-0.15, -0.1) is 0 Å². The molecule has 0 radical (unpaired) electrons. The Bertz CT molecular complexity index is 290. The molecule has 0 aliphatic carbocycles. The molecule has 0 saturated carbocycles. The van der Waals surface area contributed by atoms with E-state index >= 15 is 0 Å². The Hall–Kier alpha value is -0.650. The lowest BCUT2D eigenvalue weighted by Crippen LogP contribution is -2.42. The minimum Gasteiger partial charge on any atom is -0.342 e. The standard InChI is InChI=1S/C15H30N4O/c16-6-11-17-7-5-8-18(13-12-17)14-15(20)19-9-3-1-2-4-10-19/h1-14,16H2. The van der Waals surface area contributed by atoms with E-state index < -0.39 is 0 Å². The van der Waals surface area contributed by atoms with Gasteiger partial charge < -0.3 is 15.5 Å². The lowest BCUT2D eigenvalue weighted by molar-refractivity contribution is -0.132. The van der Waals surface area contributed by atoms with Crippen molar-refractivity contribution in [2.24, 2.45) is 5.73 Å². The molecule has 2 fully saturated rings. The van der Waals surface area contributed by atoms with E-state index in [1.54, 1.807) is 0 Å². The number of hydrogen-bond donors (Lipinski definition) is 1. The summed E-state index contributed by atoms with van der Waals surface area (Å²) in [6.45, 7) is 8.45. The van der Waals surface area contributed by atoms with Crippen LogP contribution < -0.4 is 5.73 Å². The van der Waals surface area contributed by atoms with Crippen LogP contribution in [0.3, 0.4) is 0 Å². The smallest absolute Gasteiger partial charge is 0.236 e. The fraction of sp³-hybridized carbons (Fsp3) is 0.933. The third-order valence-electron chi connectivity index (χ3n) is 4.44. The first-order chi connectivity index (χ1) is 9.79. The number of nitrogens with zero attached hydrogens (tertiary/aromatic N) is 3. The van der Waals surface area contributed by atoms with Gasteiger partial charge in [-0.05, 0) is 32.4 Å². The molecule has 0 aromatic carbocycles. The molecule has 2 rings (SSSR count). The summed E-state index contributed by atoms with van der Waals surface area (Å²) in [5.41, 5.74) is 5.62. The fourth-order valence-corrected chi connectivity index (χ4v) is 3.20. The van der Waals surface area contributed by atoms with Crippen LogP contribution in [0.4, 0.5) is 0 Å². The minimum absolute atomic E-state index is 0.333. The van der Waals surface area contributed by atoms with Gasteiger partial charge in [0.05, 0.1) is 6.54 Å². The summed E-state index contributed by atoms with van der Waals surface area (Å²) in [6.07, 6.45) is 6.06. The second-order valence-electron chi connectivity index (χ2n) is 6.06. The van der Waals surface area contributed by atoms with Crippen molar-refractivity contribution in [3.05, 3.63) is 0 Å². The van der Waals surface area contributed by atoms with Crippen molar-refractivity contribution in [3.63, 3.8) is 0 Å². The van der Waals surface area contributed by atoms with Crippen LogP contribution in [0.5, 0.6) is 0 Å². The topological polar surface area (TPSA) is 52.8 Å². The zero-order valence-corrected chi connectivity index (χ0v) is 12.7. The van der Waals surface area contributed by atoms with E-state index in [1.807, 2.05) is 0 Å². The normalized spacial score (nSPS) is 23.4. The fourth-order valence-electron chi connectivity index (χ4n) is 3.20. The van der Waals surface area contributed by atoms with Crippen molar-refractivity contribution >= 4 is 5.91 Å².